The van der Waals surface area contributed by atoms with Crippen LogP contribution in [0.2, 0.25) is 0 Å². The summed E-state index contributed by atoms with van der Waals surface area (Å²) in [5.41, 5.74) is 0. The van der Waals surface area contributed by atoms with E-state index in [9.17, 15) is 9.59 Å². The van der Waals surface area contributed by atoms with Crippen molar-refractivity contribution >= 4 is 11.9 Å². The maximum absolute atomic E-state index is 11.6. The molecule has 4 nitrogen and oxygen atoms in total. The monoisotopic (exact) mass is 258 g/mol. The number of esters is 1. The minimum Gasteiger partial charge on any atom is -0.481 e. The maximum atomic E-state index is 11.6. The van der Waals surface area contributed by atoms with E-state index in [0.29, 0.717) is 11.8 Å². The summed E-state index contributed by atoms with van der Waals surface area (Å²) in [5.74, 6) is -0.533. The molecule has 0 aliphatic heterocycles. The van der Waals surface area contributed by atoms with E-state index in [2.05, 4.69) is 27.7 Å². The van der Waals surface area contributed by atoms with Crippen molar-refractivity contribution < 1.29 is 19.4 Å². The standard InChI is InChI=1S/C14H26O4/c1-5-11(6-2)12(9-10(3)4)18-14(17)8-7-13(15)16/h10-12H,5-9H2,1-4H3,(H,15,16). The van der Waals surface area contributed by atoms with Gasteiger partial charge in [-0.15, -0.1) is 0 Å². The predicted molar refractivity (Wildman–Crippen MR) is 70.3 cm³/mol. The van der Waals surface area contributed by atoms with Crippen LogP contribution in [-0.4, -0.2) is 23.1 Å². The third-order valence-electron chi connectivity index (χ3n) is 3.10. The van der Waals surface area contributed by atoms with Crippen LogP contribution in [0.1, 0.15) is 59.8 Å². The first-order chi connectivity index (χ1) is 8.40. The third kappa shape index (κ3) is 7.30. The number of rotatable bonds is 9. The van der Waals surface area contributed by atoms with Gasteiger partial charge in [0.15, 0.2) is 0 Å². The Balaban J connectivity index is 4.38. The Morgan fingerprint density at radius 3 is 2.06 bits per heavy atom. The number of aliphatic carboxylic acids is 1. The Morgan fingerprint density at radius 2 is 1.67 bits per heavy atom. The Kier molecular flexibility index (Phi) is 8.42. The average Bonchev–Trinajstić information content (AvgIpc) is 2.27. The Labute approximate surface area is 110 Å². The highest BCUT2D eigenvalue weighted by atomic mass is 16.5. The number of hydrogen-bond donors (Lipinski definition) is 1. The minimum atomic E-state index is -0.963. The zero-order valence-electron chi connectivity index (χ0n) is 11.9. The Bertz CT molecular complexity index is 257. The smallest absolute Gasteiger partial charge is 0.306 e. The zero-order chi connectivity index (χ0) is 14.1. The van der Waals surface area contributed by atoms with Gasteiger partial charge in [0, 0.05) is 0 Å². The van der Waals surface area contributed by atoms with Crippen LogP contribution >= 0.6 is 0 Å². The summed E-state index contributed by atoms with van der Waals surface area (Å²) in [6.07, 6.45) is 2.51. The molecule has 106 valence electrons. The molecule has 0 saturated heterocycles. The Hall–Kier alpha value is -1.06. The predicted octanol–water partition coefficient (Wildman–Crippen LogP) is 3.25. The van der Waals surface area contributed by atoms with Crippen molar-refractivity contribution in [1.29, 1.82) is 0 Å². The fraction of sp³-hybridized carbons (Fsp3) is 0.857. The molecule has 0 rings (SSSR count). The van der Waals surface area contributed by atoms with Crippen molar-refractivity contribution in [2.24, 2.45) is 11.8 Å². The maximum Gasteiger partial charge on any atom is 0.306 e. The van der Waals surface area contributed by atoms with E-state index in [1.165, 1.54) is 0 Å². The van der Waals surface area contributed by atoms with Crippen molar-refractivity contribution in [2.75, 3.05) is 0 Å². The van der Waals surface area contributed by atoms with Crippen molar-refractivity contribution in [3.05, 3.63) is 0 Å². The van der Waals surface area contributed by atoms with Gasteiger partial charge < -0.3 is 9.84 Å². The lowest BCUT2D eigenvalue weighted by atomic mass is 9.90. The molecule has 0 aromatic carbocycles. The third-order valence-corrected chi connectivity index (χ3v) is 3.10. The molecule has 0 spiro atoms. The summed E-state index contributed by atoms with van der Waals surface area (Å²) in [6.45, 7) is 8.38. The van der Waals surface area contributed by atoms with Crippen molar-refractivity contribution in [3.63, 3.8) is 0 Å². The normalized spacial score (nSPS) is 12.8. The summed E-state index contributed by atoms with van der Waals surface area (Å²) in [6, 6.07) is 0. The summed E-state index contributed by atoms with van der Waals surface area (Å²) in [5, 5.41) is 8.54. The number of carboxylic acid groups (broad SMARTS) is 1. The van der Waals surface area contributed by atoms with E-state index < -0.39 is 11.9 Å². The summed E-state index contributed by atoms with van der Waals surface area (Å²) < 4.78 is 5.45. The van der Waals surface area contributed by atoms with Gasteiger partial charge >= 0.3 is 11.9 Å². The van der Waals surface area contributed by atoms with Crippen LogP contribution in [0.4, 0.5) is 0 Å². The van der Waals surface area contributed by atoms with Gasteiger partial charge in [-0.1, -0.05) is 27.7 Å². The molecule has 0 aromatic heterocycles. The van der Waals surface area contributed by atoms with Gasteiger partial charge in [0.25, 0.3) is 0 Å². The molecule has 0 heterocycles. The highest BCUT2D eigenvalue weighted by molar-refractivity contribution is 5.76. The van der Waals surface area contributed by atoms with Gasteiger partial charge in [-0.3, -0.25) is 9.59 Å². The highest BCUT2D eigenvalue weighted by Crippen LogP contribution is 2.23. The fourth-order valence-corrected chi connectivity index (χ4v) is 2.05. The van der Waals surface area contributed by atoms with E-state index in [4.69, 9.17) is 9.84 Å². The van der Waals surface area contributed by atoms with E-state index >= 15 is 0 Å². The average molecular weight is 258 g/mol. The van der Waals surface area contributed by atoms with E-state index in [0.717, 1.165) is 19.3 Å². The molecule has 0 bridgehead atoms. The van der Waals surface area contributed by atoms with Gasteiger partial charge in [0.2, 0.25) is 0 Å². The molecule has 0 radical (unpaired) electrons. The lowest BCUT2D eigenvalue weighted by Gasteiger charge is -2.26. The minimum absolute atomic E-state index is 0.0376. The molecule has 0 fully saturated rings. The fourth-order valence-electron chi connectivity index (χ4n) is 2.05. The van der Waals surface area contributed by atoms with Gasteiger partial charge in [-0.2, -0.15) is 0 Å². The first-order valence-electron chi connectivity index (χ1n) is 6.81. The summed E-state index contributed by atoms with van der Waals surface area (Å²) in [4.78, 5) is 22.0. The molecule has 0 aliphatic carbocycles. The largest absolute Gasteiger partial charge is 0.481 e. The van der Waals surface area contributed by atoms with Gasteiger partial charge in [-0.05, 0) is 31.1 Å². The zero-order valence-corrected chi connectivity index (χ0v) is 11.9. The van der Waals surface area contributed by atoms with E-state index in [-0.39, 0.29) is 18.9 Å². The molecule has 0 saturated carbocycles. The number of hydrogen-bond acceptors (Lipinski definition) is 3. The second kappa shape index (κ2) is 8.95. The van der Waals surface area contributed by atoms with Crippen LogP contribution in [0.3, 0.4) is 0 Å². The SMILES string of the molecule is CCC(CC)C(CC(C)C)OC(=O)CCC(=O)O. The lowest BCUT2D eigenvalue weighted by Crippen LogP contribution is -2.28. The van der Waals surface area contributed by atoms with E-state index in [1.54, 1.807) is 0 Å². The van der Waals surface area contributed by atoms with Crippen LogP contribution in [0.25, 0.3) is 0 Å². The van der Waals surface area contributed by atoms with Gasteiger partial charge in [0.05, 0.1) is 12.8 Å². The molecular weight excluding hydrogens is 232 g/mol. The summed E-state index contributed by atoms with van der Waals surface area (Å²) in [7, 11) is 0. The van der Waals surface area contributed by atoms with Gasteiger partial charge in [-0.25, -0.2) is 0 Å². The molecule has 0 amide bonds. The molecule has 0 aliphatic rings. The topological polar surface area (TPSA) is 63.6 Å². The number of carboxylic acids is 1. The first-order valence-corrected chi connectivity index (χ1v) is 6.81. The van der Waals surface area contributed by atoms with Crippen molar-refractivity contribution in [3.8, 4) is 0 Å². The molecule has 1 atom stereocenters. The quantitative estimate of drug-likeness (QED) is 0.645. The lowest BCUT2D eigenvalue weighted by molar-refractivity contribution is -0.155. The molecule has 1 N–H and O–H groups in total. The second-order valence-electron chi connectivity index (χ2n) is 5.13. The molecule has 1 unspecified atom stereocenters. The van der Waals surface area contributed by atoms with Crippen LogP contribution in [0.5, 0.6) is 0 Å². The second-order valence-corrected chi connectivity index (χ2v) is 5.13. The van der Waals surface area contributed by atoms with Crippen LogP contribution < -0.4 is 0 Å². The van der Waals surface area contributed by atoms with Crippen LogP contribution in [0, 0.1) is 11.8 Å². The molecule has 18 heavy (non-hydrogen) atoms. The van der Waals surface area contributed by atoms with Crippen molar-refractivity contribution in [1.82, 2.24) is 0 Å². The molecule has 0 aromatic rings. The van der Waals surface area contributed by atoms with Crippen LogP contribution in [0.15, 0.2) is 0 Å². The number of carbonyl (C=O) groups is 2. The van der Waals surface area contributed by atoms with E-state index in [1.807, 2.05) is 0 Å². The highest BCUT2D eigenvalue weighted by Gasteiger charge is 2.23. The van der Waals surface area contributed by atoms with Crippen molar-refractivity contribution in [2.45, 2.75) is 65.9 Å². The van der Waals surface area contributed by atoms with Crippen LogP contribution in [-0.2, 0) is 14.3 Å². The van der Waals surface area contributed by atoms with Gasteiger partial charge in [0.1, 0.15) is 6.10 Å². The molecule has 4 heteroatoms. The number of carbonyl (C=O) groups excluding carboxylic acids is 1. The Morgan fingerprint density at radius 1 is 1.11 bits per heavy atom. The number of ether oxygens (including phenoxy) is 1. The molecular formula is C14H26O4. The summed E-state index contributed by atoms with van der Waals surface area (Å²) >= 11 is 0. The first kappa shape index (κ1) is 16.9.